The van der Waals surface area contributed by atoms with Crippen LogP contribution in [0.2, 0.25) is 0 Å². The van der Waals surface area contributed by atoms with E-state index in [1.54, 1.807) is 0 Å². The summed E-state index contributed by atoms with van der Waals surface area (Å²) in [6.45, 7) is 3.89. The molecule has 0 aliphatic carbocycles. The van der Waals surface area contributed by atoms with Crippen molar-refractivity contribution in [3.8, 4) is 11.4 Å². The highest BCUT2D eigenvalue weighted by Crippen LogP contribution is 2.34. The normalized spacial score (nSPS) is 16.3. The number of hydrogen-bond donors (Lipinski definition) is 1. The van der Waals surface area contributed by atoms with E-state index in [1.807, 2.05) is 24.3 Å². The van der Waals surface area contributed by atoms with Crippen molar-refractivity contribution < 1.29 is 17.6 Å². The van der Waals surface area contributed by atoms with Gasteiger partial charge < -0.3 is 14.8 Å². The minimum Gasteiger partial charge on any atom is -0.369 e. The lowest BCUT2D eigenvalue weighted by Crippen LogP contribution is -2.44. The Bertz CT molecular complexity index is 954. The molecule has 2 heterocycles. The number of rotatable bonds is 2. The van der Waals surface area contributed by atoms with Gasteiger partial charge in [0.25, 0.3) is 0 Å². The first-order valence-corrected chi connectivity index (χ1v) is 8.61. The van der Waals surface area contributed by atoms with Gasteiger partial charge in [0, 0.05) is 43.5 Å². The molecule has 1 aliphatic rings. The van der Waals surface area contributed by atoms with Crippen molar-refractivity contribution in [1.29, 1.82) is 0 Å². The Morgan fingerprint density at radius 2 is 1.67 bits per heavy atom. The van der Waals surface area contributed by atoms with E-state index >= 15 is 0 Å². The monoisotopic (exact) mass is 378 g/mol. The van der Waals surface area contributed by atoms with E-state index in [1.165, 1.54) is 0 Å². The summed E-state index contributed by atoms with van der Waals surface area (Å²) in [7, 11) is 2.09. The van der Waals surface area contributed by atoms with Crippen LogP contribution in [0.4, 0.5) is 23.2 Å². The maximum absolute atomic E-state index is 13.7. The molecular formula is C19H18F4N4. The van der Waals surface area contributed by atoms with Gasteiger partial charge in [-0.15, -0.1) is 0 Å². The molecule has 2 aromatic carbocycles. The van der Waals surface area contributed by atoms with E-state index in [0.717, 1.165) is 49.6 Å². The predicted molar refractivity (Wildman–Crippen MR) is 96.2 cm³/mol. The van der Waals surface area contributed by atoms with E-state index < -0.39 is 17.6 Å². The van der Waals surface area contributed by atoms with Crippen LogP contribution in [-0.4, -0.2) is 48.1 Å². The third kappa shape index (κ3) is 3.49. The molecule has 1 aliphatic heterocycles. The summed E-state index contributed by atoms with van der Waals surface area (Å²) in [6.07, 6.45) is -4.74. The Hall–Kier alpha value is -2.61. The van der Waals surface area contributed by atoms with Crippen LogP contribution < -0.4 is 4.90 Å². The first kappa shape index (κ1) is 17.8. The molecule has 1 aromatic heterocycles. The zero-order valence-electron chi connectivity index (χ0n) is 14.6. The van der Waals surface area contributed by atoms with Crippen molar-refractivity contribution in [3.05, 3.63) is 47.8 Å². The molecule has 3 aromatic rings. The third-order valence-corrected chi connectivity index (χ3v) is 4.89. The molecule has 0 amide bonds. The highest BCUT2D eigenvalue weighted by atomic mass is 19.4. The molecule has 0 unspecified atom stereocenters. The van der Waals surface area contributed by atoms with Crippen LogP contribution in [0, 0.1) is 5.82 Å². The standard InChI is InChI=1S/C19H18F4N4/c1-26-6-8-27(9-7-26)13-4-2-12(3-5-13)18-24-16-10-14(19(21,22)23)15(20)11-17(16)25-18/h2-5,10-11H,6-9H2,1H3,(H,24,25). The summed E-state index contributed by atoms with van der Waals surface area (Å²) in [6, 6.07) is 9.25. The van der Waals surface area contributed by atoms with Crippen molar-refractivity contribution in [1.82, 2.24) is 14.9 Å². The molecule has 1 N–H and O–H groups in total. The molecule has 4 rings (SSSR count). The number of aromatic amines is 1. The van der Waals surface area contributed by atoms with Gasteiger partial charge in [0.2, 0.25) is 0 Å². The lowest BCUT2D eigenvalue weighted by atomic mass is 10.1. The van der Waals surface area contributed by atoms with Gasteiger partial charge in [-0.3, -0.25) is 0 Å². The maximum Gasteiger partial charge on any atom is 0.419 e. The SMILES string of the molecule is CN1CCN(c2ccc(-c3nc4cc(F)c(C(F)(F)F)cc4[nH]3)cc2)CC1. The minimum atomic E-state index is -4.74. The topological polar surface area (TPSA) is 35.2 Å². The summed E-state index contributed by atoms with van der Waals surface area (Å²) in [5.41, 5.74) is 0.850. The quantitative estimate of drug-likeness (QED) is 0.681. The van der Waals surface area contributed by atoms with Gasteiger partial charge in [0.15, 0.2) is 0 Å². The first-order valence-electron chi connectivity index (χ1n) is 8.61. The number of hydrogen-bond acceptors (Lipinski definition) is 3. The molecule has 27 heavy (non-hydrogen) atoms. The van der Waals surface area contributed by atoms with Crippen molar-refractivity contribution in [3.63, 3.8) is 0 Å². The van der Waals surface area contributed by atoms with E-state index in [4.69, 9.17) is 0 Å². The average molecular weight is 378 g/mol. The van der Waals surface area contributed by atoms with Gasteiger partial charge in [-0.2, -0.15) is 13.2 Å². The summed E-state index contributed by atoms with van der Waals surface area (Å²) in [5, 5.41) is 0. The molecule has 0 bridgehead atoms. The van der Waals surface area contributed by atoms with Crippen LogP contribution in [0.25, 0.3) is 22.4 Å². The predicted octanol–water partition coefficient (Wildman–Crippen LogP) is 4.14. The van der Waals surface area contributed by atoms with Crippen molar-refractivity contribution in [2.75, 3.05) is 38.1 Å². The number of nitrogens with one attached hydrogen (secondary N) is 1. The number of anilines is 1. The Balaban J connectivity index is 1.62. The number of halogens is 4. The van der Waals surface area contributed by atoms with Crippen molar-refractivity contribution in [2.24, 2.45) is 0 Å². The molecule has 0 spiro atoms. The zero-order chi connectivity index (χ0) is 19.2. The number of imidazole rings is 1. The highest BCUT2D eigenvalue weighted by Gasteiger charge is 2.34. The van der Waals surface area contributed by atoms with Crippen LogP contribution in [0.15, 0.2) is 36.4 Å². The van der Waals surface area contributed by atoms with Gasteiger partial charge >= 0.3 is 6.18 Å². The smallest absolute Gasteiger partial charge is 0.369 e. The molecule has 142 valence electrons. The number of likely N-dealkylation sites (N-methyl/N-ethyl adjacent to an activating group) is 1. The Labute approximate surface area is 153 Å². The van der Waals surface area contributed by atoms with Gasteiger partial charge in [-0.1, -0.05) is 0 Å². The van der Waals surface area contributed by atoms with Crippen LogP contribution in [0.5, 0.6) is 0 Å². The fourth-order valence-electron chi connectivity index (χ4n) is 3.28. The van der Waals surface area contributed by atoms with Crippen LogP contribution >= 0.6 is 0 Å². The molecule has 8 heteroatoms. The van der Waals surface area contributed by atoms with E-state index in [2.05, 4.69) is 26.8 Å². The number of nitrogens with zero attached hydrogens (tertiary/aromatic N) is 3. The summed E-state index contributed by atoms with van der Waals surface area (Å²) in [4.78, 5) is 11.7. The second kappa shape index (κ2) is 6.53. The molecule has 0 radical (unpaired) electrons. The zero-order valence-corrected chi connectivity index (χ0v) is 14.6. The average Bonchev–Trinajstić information content (AvgIpc) is 3.04. The summed E-state index contributed by atoms with van der Waals surface area (Å²) < 4.78 is 52.3. The van der Waals surface area contributed by atoms with Crippen molar-refractivity contribution >= 4 is 16.7 Å². The number of aromatic nitrogens is 2. The number of benzene rings is 2. The number of fused-ring (bicyclic) bond motifs is 1. The third-order valence-electron chi connectivity index (χ3n) is 4.89. The van der Waals surface area contributed by atoms with Crippen LogP contribution in [0.1, 0.15) is 5.56 Å². The summed E-state index contributed by atoms with van der Waals surface area (Å²) in [5.74, 6) is -0.910. The second-order valence-electron chi connectivity index (χ2n) is 6.77. The van der Waals surface area contributed by atoms with Gasteiger partial charge in [0.05, 0.1) is 16.6 Å². The molecular weight excluding hydrogens is 360 g/mol. The summed E-state index contributed by atoms with van der Waals surface area (Å²) >= 11 is 0. The molecule has 0 saturated carbocycles. The first-order chi connectivity index (χ1) is 12.8. The largest absolute Gasteiger partial charge is 0.419 e. The second-order valence-corrected chi connectivity index (χ2v) is 6.77. The Morgan fingerprint density at radius 3 is 2.30 bits per heavy atom. The van der Waals surface area contributed by atoms with E-state index in [-0.39, 0.29) is 11.0 Å². The lowest BCUT2D eigenvalue weighted by Gasteiger charge is -2.34. The minimum absolute atomic E-state index is 0.155. The lowest BCUT2D eigenvalue weighted by molar-refractivity contribution is -0.139. The number of H-pyrrole nitrogens is 1. The van der Waals surface area contributed by atoms with Crippen molar-refractivity contribution in [2.45, 2.75) is 6.18 Å². The maximum atomic E-state index is 13.7. The van der Waals surface area contributed by atoms with Gasteiger partial charge in [-0.25, -0.2) is 9.37 Å². The van der Waals surface area contributed by atoms with E-state index in [0.29, 0.717) is 5.82 Å². The van der Waals surface area contributed by atoms with Gasteiger partial charge in [0.1, 0.15) is 11.6 Å². The fraction of sp³-hybridized carbons (Fsp3) is 0.316. The molecule has 0 atom stereocenters. The van der Waals surface area contributed by atoms with Crippen LogP contribution in [0.3, 0.4) is 0 Å². The fourth-order valence-corrected chi connectivity index (χ4v) is 3.28. The van der Waals surface area contributed by atoms with Crippen LogP contribution in [-0.2, 0) is 6.18 Å². The number of alkyl halides is 3. The highest BCUT2D eigenvalue weighted by molar-refractivity contribution is 5.80. The Morgan fingerprint density at radius 1 is 1.00 bits per heavy atom. The van der Waals surface area contributed by atoms with Gasteiger partial charge in [-0.05, 0) is 37.4 Å². The van der Waals surface area contributed by atoms with E-state index in [9.17, 15) is 17.6 Å². The molecule has 1 saturated heterocycles. The molecule has 4 nitrogen and oxygen atoms in total. The Kier molecular flexibility index (Phi) is 4.30. The number of piperazine rings is 1. The molecule has 1 fully saturated rings.